The van der Waals surface area contributed by atoms with Crippen molar-refractivity contribution in [2.75, 3.05) is 37.7 Å². The van der Waals surface area contributed by atoms with Gasteiger partial charge in [0.1, 0.15) is 28.8 Å². The number of furan rings is 1. The Bertz CT molecular complexity index is 2600. The van der Waals surface area contributed by atoms with E-state index >= 15 is 4.39 Å². The zero-order valence-electron chi connectivity index (χ0n) is 26.8. The SMILES string of the molecule is CNC(=O)c1c(-c2ccc(F)cc2)oc2cc(N(C)S(C)(=O)=O)c(-c3cc4c(cn3)nc(CN3CCC3)n3c5cccc(F)c5cc43)cc12. The Morgan fingerprint density at radius 3 is 2.47 bits per heavy atom. The van der Waals surface area contributed by atoms with Gasteiger partial charge in [0, 0.05) is 47.4 Å². The standard InChI is InChI=1S/C36H30F2N6O4S/c1-39-36(45)34-25-14-23(30(42(2)49(3,46)47)17-32(25)48-35(34)20-8-10-21(37)11-9-20)27-15-24-28(18-40-27)41-33(19-43-12-5-13-43)44-29-7-4-6-26(38)22(29)16-31(24)44/h4,6-11,14-18H,5,12-13,19H2,1-3H3,(H,39,45). The molecule has 0 radical (unpaired) electrons. The number of amides is 1. The molecule has 4 aromatic heterocycles. The highest BCUT2D eigenvalue weighted by Gasteiger charge is 2.27. The van der Waals surface area contributed by atoms with Crippen LogP contribution in [0.2, 0.25) is 0 Å². The minimum Gasteiger partial charge on any atom is -0.455 e. The third-order valence-electron chi connectivity index (χ3n) is 9.25. The number of anilines is 1. The number of fused-ring (bicyclic) bond motifs is 6. The Labute approximate surface area is 279 Å². The second-order valence-electron chi connectivity index (χ2n) is 12.3. The third-order valence-corrected chi connectivity index (χ3v) is 10.4. The Balaban J connectivity index is 1.41. The minimum absolute atomic E-state index is 0.202. The molecule has 248 valence electrons. The number of pyridine rings is 1. The van der Waals surface area contributed by atoms with Crippen molar-refractivity contribution in [2.24, 2.45) is 0 Å². The summed E-state index contributed by atoms with van der Waals surface area (Å²) in [6.07, 6.45) is 3.83. The summed E-state index contributed by atoms with van der Waals surface area (Å²) in [5.74, 6) is -0.272. The third kappa shape index (κ3) is 5.08. The summed E-state index contributed by atoms with van der Waals surface area (Å²) in [6, 6.07) is 17.4. The van der Waals surface area contributed by atoms with Crippen molar-refractivity contribution in [1.82, 2.24) is 24.6 Å². The summed E-state index contributed by atoms with van der Waals surface area (Å²) in [5, 5.41) is 4.20. The van der Waals surface area contributed by atoms with Gasteiger partial charge in [-0.2, -0.15) is 0 Å². The highest BCUT2D eigenvalue weighted by molar-refractivity contribution is 7.92. The number of halogens is 2. The number of carbonyl (C=O) groups is 1. The number of hydrogen-bond acceptors (Lipinski definition) is 7. The number of benzene rings is 3. The minimum atomic E-state index is -3.77. The monoisotopic (exact) mass is 680 g/mol. The van der Waals surface area contributed by atoms with Crippen molar-refractivity contribution >= 4 is 59.9 Å². The molecule has 10 nitrogen and oxygen atoms in total. The molecule has 0 saturated carbocycles. The molecule has 1 fully saturated rings. The summed E-state index contributed by atoms with van der Waals surface area (Å²) in [6.45, 7) is 2.51. The molecule has 3 aromatic carbocycles. The molecule has 0 spiro atoms. The second-order valence-corrected chi connectivity index (χ2v) is 14.3. The normalized spacial score (nSPS) is 13.8. The van der Waals surface area contributed by atoms with Crippen LogP contribution in [-0.2, 0) is 16.6 Å². The predicted octanol–water partition coefficient (Wildman–Crippen LogP) is 6.36. The van der Waals surface area contributed by atoms with Crippen molar-refractivity contribution in [3.63, 3.8) is 0 Å². The molecule has 5 heterocycles. The quantitative estimate of drug-likeness (QED) is 0.209. The van der Waals surface area contributed by atoms with Crippen LogP contribution in [0.25, 0.3) is 60.9 Å². The van der Waals surface area contributed by atoms with Gasteiger partial charge in [-0.25, -0.2) is 22.2 Å². The number of aromatic nitrogens is 3. The smallest absolute Gasteiger partial charge is 0.255 e. The fourth-order valence-electron chi connectivity index (χ4n) is 6.53. The predicted molar refractivity (Wildman–Crippen MR) is 185 cm³/mol. The summed E-state index contributed by atoms with van der Waals surface area (Å²) in [7, 11) is -0.852. The Kier molecular flexibility index (Phi) is 7.16. The molecular weight excluding hydrogens is 650 g/mol. The Morgan fingerprint density at radius 2 is 1.78 bits per heavy atom. The summed E-state index contributed by atoms with van der Waals surface area (Å²) >= 11 is 0. The van der Waals surface area contributed by atoms with Crippen LogP contribution in [0.4, 0.5) is 14.5 Å². The van der Waals surface area contributed by atoms with E-state index in [1.54, 1.807) is 30.5 Å². The van der Waals surface area contributed by atoms with Crippen LogP contribution in [0.3, 0.4) is 0 Å². The Morgan fingerprint density at radius 1 is 1.00 bits per heavy atom. The number of carbonyl (C=O) groups excluding carboxylic acids is 1. The van der Waals surface area contributed by atoms with Gasteiger partial charge in [0.15, 0.2) is 0 Å². The Hall–Kier alpha value is -5.40. The van der Waals surface area contributed by atoms with Crippen LogP contribution >= 0.6 is 0 Å². The first-order chi connectivity index (χ1) is 23.5. The maximum Gasteiger partial charge on any atom is 0.255 e. The van der Waals surface area contributed by atoms with Crippen LogP contribution in [-0.4, -0.2) is 67.0 Å². The van der Waals surface area contributed by atoms with Crippen LogP contribution < -0.4 is 9.62 Å². The van der Waals surface area contributed by atoms with Crippen LogP contribution in [0.15, 0.2) is 77.3 Å². The number of likely N-dealkylation sites (tertiary alicyclic amines) is 1. The molecule has 0 unspecified atom stereocenters. The average molecular weight is 681 g/mol. The number of hydrogen-bond donors (Lipinski definition) is 1. The fourth-order valence-corrected chi connectivity index (χ4v) is 7.04. The van der Waals surface area contributed by atoms with Crippen molar-refractivity contribution < 1.29 is 26.4 Å². The van der Waals surface area contributed by atoms with Gasteiger partial charge in [0.05, 0.1) is 52.5 Å². The average Bonchev–Trinajstić information content (AvgIpc) is 3.65. The van der Waals surface area contributed by atoms with Gasteiger partial charge in [-0.05, 0) is 74.1 Å². The maximum atomic E-state index is 15.1. The first-order valence-electron chi connectivity index (χ1n) is 15.7. The molecule has 7 aromatic rings. The van der Waals surface area contributed by atoms with Crippen molar-refractivity contribution in [1.29, 1.82) is 0 Å². The zero-order chi connectivity index (χ0) is 34.2. The van der Waals surface area contributed by atoms with E-state index in [-0.39, 0.29) is 28.4 Å². The van der Waals surface area contributed by atoms with Gasteiger partial charge in [-0.1, -0.05) is 6.07 Å². The molecule has 1 N–H and O–H groups in total. The molecule has 13 heteroatoms. The van der Waals surface area contributed by atoms with E-state index in [1.165, 1.54) is 44.4 Å². The molecule has 8 rings (SSSR count). The molecule has 1 aliphatic heterocycles. The molecule has 0 atom stereocenters. The van der Waals surface area contributed by atoms with Gasteiger partial charge in [0.2, 0.25) is 10.0 Å². The van der Waals surface area contributed by atoms with E-state index in [2.05, 4.69) is 10.2 Å². The summed E-state index contributed by atoms with van der Waals surface area (Å²) in [4.78, 5) is 25.4. The van der Waals surface area contributed by atoms with Gasteiger partial charge in [0.25, 0.3) is 5.91 Å². The van der Waals surface area contributed by atoms with Crippen molar-refractivity contribution in [2.45, 2.75) is 13.0 Å². The summed E-state index contributed by atoms with van der Waals surface area (Å²) in [5.41, 5.74) is 4.01. The topological polar surface area (TPSA) is 113 Å². The number of nitrogens with zero attached hydrogens (tertiary/aromatic N) is 5. The first-order valence-corrected chi connectivity index (χ1v) is 17.5. The van der Waals surface area contributed by atoms with Crippen molar-refractivity contribution in [3.05, 3.63) is 95.9 Å². The van der Waals surface area contributed by atoms with Gasteiger partial charge in [-0.15, -0.1) is 0 Å². The number of sulfonamides is 1. The van der Waals surface area contributed by atoms with Crippen LogP contribution in [0.5, 0.6) is 0 Å². The van der Waals surface area contributed by atoms with Crippen LogP contribution in [0.1, 0.15) is 22.6 Å². The zero-order valence-corrected chi connectivity index (χ0v) is 27.6. The first kappa shape index (κ1) is 30.9. The lowest BCUT2D eigenvalue weighted by Crippen LogP contribution is -2.37. The maximum absolute atomic E-state index is 15.1. The highest BCUT2D eigenvalue weighted by Crippen LogP contribution is 2.42. The molecule has 1 aliphatic rings. The van der Waals surface area contributed by atoms with Crippen molar-refractivity contribution in [3.8, 4) is 22.6 Å². The van der Waals surface area contributed by atoms with E-state index in [9.17, 15) is 17.6 Å². The molecule has 1 amide bonds. The molecule has 0 aliphatic carbocycles. The molecular formula is C36H30F2N6O4S. The number of nitrogens with one attached hydrogen (secondary N) is 1. The lowest BCUT2D eigenvalue weighted by Gasteiger charge is -2.30. The van der Waals surface area contributed by atoms with Gasteiger partial charge in [-0.3, -0.25) is 23.4 Å². The fraction of sp³-hybridized carbons (Fsp3) is 0.194. The van der Waals surface area contributed by atoms with Crippen LogP contribution in [0, 0.1) is 11.6 Å². The lowest BCUT2D eigenvalue weighted by atomic mass is 10.00. The second kappa shape index (κ2) is 11.3. The largest absolute Gasteiger partial charge is 0.455 e. The van der Waals surface area contributed by atoms with E-state index < -0.39 is 21.7 Å². The lowest BCUT2D eigenvalue weighted by molar-refractivity contribution is 0.0964. The highest BCUT2D eigenvalue weighted by atomic mass is 32.2. The molecule has 1 saturated heterocycles. The molecule has 49 heavy (non-hydrogen) atoms. The van der Waals surface area contributed by atoms with E-state index in [0.29, 0.717) is 50.6 Å². The van der Waals surface area contributed by atoms with E-state index in [4.69, 9.17) is 14.4 Å². The van der Waals surface area contributed by atoms with Gasteiger partial charge >= 0.3 is 0 Å². The number of rotatable bonds is 7. The summed E-state index contributed by atoms with van der Waals surface area (Å²) < 4.78 is 64.1. The molecule has 0 bridgehead atoms. The van der Waals surface area contributed by atoms with Gasteiger partial charge < -0.3 is 9.73 Å². The van der Waals surface area contributed by atoms with E-state index in [0.717, 1.165) is 41.4 Å². The van der Waals surface area contributed by atoms with E-state index in [1.807, 2.05) is 16.5 Å².